The van der Waals surface area contributed by atoms with Gasteiger partial charge < -0.3 is 14.4 Å². The average Bonchev–Trinajstić information content (AvgIpc) is 2.90. The Bertz CT molecular complexity index is 1030. The third kappa shape index (κ3) is 7.35. The standard InChI is InChI=1S/C32H42N2O2/c1-32(2,3)28-12-10-26(11-13-28)24-33-20-18-30(19-21-33)34(22-23-35-4)29-14-16-31(17-15-29)36-25-27-8-6-5-7-9-27/h5-17,30H,18-25H2,1-4H3. The molecule has 3 aromatic rings. The first-order valence-electron chi connectivity index (χ1n) is 13.3. The van der Waals surface area contributed by atoms with Gasteiger partial charge in [-0.2, -0.15) is 0 Å². The highest BCUT2D eigenvalue weighted by Gasteiger charge is 2.25. The highest BCUT2D eigenvalue weighted by molar-refractivity contribution is 5.50. The molecular weight excluding hydrogens is 444 g/mol. The van der Waals surface area contributed by atoms with E-state index in [1.54, 1.807) is 7.11 Å². The van der Waals surface area contributed by atoms with Crippen LogP contribution in [0.1, 0.15) is 50.3 Å². The monoisotopic (exact) mass is 486 g/mol. The molecule has 0 aliphatic carbocycles. The molecule has 0 unspecified atom stereocenters. The summed E-state index contributed by atoms with van der Waals surface area (Å²) >= 11 is 0. The molecule has 1 heterocycles. The Balaban J connectivity index is 1.32. The van der Waals surface area contributed by atoms with Crippen LogP contribution >= 0.6 is 0 Å². The van der Waals surface area contributed by atoms with E-state index < -0.39 is 0 Å². The van der Waals surface area contributed by atoms with Gasteiger partial charge in [0.05, 0.1) is 6.61 Å². The number of piperidine rings is 1. The lowest BCUT2D eigenvalue weighted by atomic mass is 9.86. The molecular formula is C32H42N2O2. The van der Waals surface area contributed by atoms with E-state index in [0.717, 1.165) is 51.4 Å². The van der Waals surface area contributed by atoms with E-state index in [-0.39, 0.29) is 5.41 Å². The summed E-state index contributed by atoms with van der Waals surface area (Å²) in [5.41, 5.74) is 5.43. The van der Waals surface area contributed by atoms with Crippen LogP contribution in [-0.4, -0.2) is 44.3 Å². The second kappa shape index (κ2) is 12.4. The van der Waals surface area contributed by atoms with Gasteiger partial charge in [0, 0.05) is 45.0 Å². The fourth-order valence-electron chi connectivity index (χ4n) is 4.94. The van der Waals surface area contributed by atoms with Crippen LogP contribution in [0.15, 0.2) is 78.9 Å². The first-order chi connectivity index (χ1) is 17.4. The van der Waals surface area contributed by atoms with Gasteiger partial charge in [0.15, 0.2) is 0 Å². The predicted molar refractivity (Wildman–Crippen MR) is 150 cm³/mol. The zero-order chi connectivity index (χ0) is 25.4. The predicted octanol–water partition coefficient (Wildman–Crippen LogP) is 6.68. The second-order valence-corrected chi connectivity index (χ2v) is 10.9. The van der Waals surface area contributed by atoms with Gasteiger partial charge in [-0.25, -0.2) is 0 Å². The molecule has 0 radical (unpaired) electrons. The first kappa shape index (κ1) is 26.2. The second-order valence-electron chi connectivity index (χ2n) is 10.9. The molecule has 0 atom stereocenters. The van der Waals surface area contributed by atoms with Crippen molar-refractivity contribution in [2.75, 3.05) is 38.3 Å². The van der Waals surface area contributed by atoms with Gasteiger partial charge in [0.2, 0.25) is 0 Å². The van der Waals surface area contributed by atoms with E-state index in [2.05, 4.69) is 91.2 Å². The Morgan fingerprint density at radius 3 is 2.11 bits per heavy atom. The lowest BCUT2D eigenvalue weighted by molar-refractivity contribution is 0.182. The summed E-state index contributed by atoms with van der Waals surface area (Å²) in [6, 6.07) is 28.6. The van der Waals surface area contributed by atoms with E-state index in [4.69, 9.17) is 9.47 Å². The van der Waals surface area contributed by atoms with Crippen molar-refractivity contribution in [3.63, 3.8) is 0 Å². The summed E-state index contributed by atoms with van der Waals surface area (Å²) in [5, 5.41) is 0. The number of benzene rings is 3. The molecule has 36 heavy (non-hydrogen) atoms. The number of likely N-dealkylation sites (tertiary alicyclic amines) is 1. The minimum Gasteiger partial charge on any atom is -0.489 e. The summed E-state index contributed by atoms with van der Waals surface area (Å²) < 4.78 is 11.5. The van der Waals surface area contributed by atoms with E-state index in [0.29, 0.717) is 12.6 Å². The Morgan fingerprint density at radius 1 is 0.833 bits per heavy atom. The molecule has 4 heteroatoms. The lowest BCUT2D eigenvalue weighted by Crippen LogP contribution is -2.46. The quantitative estimate of drug-likeness (QED) is 0.319. The zero-order valence-corrected chi connectivity index (χ0v) is 22.5. The van der Waals surface area contributed by atoms with Crippen molar-refractivity contribution < 1.29 is 9.47 Å². The Labute approximate surface area is 217 Å². The molecule has 0 amide bonds. The lowest BCUT2D eigenvalue weighted by Gasteiger charge is -2.40. The highest BCUT2D eigenvalue weighted by atomic mass is 16.5. The van der Waals surface area contributed by atoms with E-state index in [9.17, 15) is 0 Å². The maximum Gasteiger partial charge on any atom is 0.119 e. The number of hydrogen-bond acceptors (Lipinski definition) is 4. The minimum atomic E-state index is 0.203. The third-order valence-electron chi connectivity index (χ3n) is 7.18. The molecule has 1 fully saturated rings. The average molecular weight is 487 g/mol. The fraction of sp³-hybridized carbons (Fsp3) is 0.438. The van der Waals surface area contributed by atoms with Crippen LogP contribution in [0, 0.1) is 0 Å². The van der Waals surface area contributed by atoms with Crippen LogP contribution in [-0.2, 0) is 23.3 Å². The van der Waals surface area contributed by atoms with Crippen molar-refractivity contribution in [3.8, 4) is 5.75 Å². The fourth-order valence-corrected chi connectivity index (χ4v) is 4.94. The van der Waals surface area contributed by atoms with Gasteiger partial charge in [0.25, 0.3) is 0 Å². The van der Waals surface area contributed by atoms with Gasteiger partial charge in [-0.1, -0.05) is 75.4 Å². The number of rotatable bonds is 10. The number of ether oxygens (including phenoxy) is 2. The smallest absolute Gasteiger partial charge is 0.119 e. The molecule has 4 rings (SSSR count). The van der Waals surface area contributed by atoms with Crippen LogP contribution in [0.3, 0.4) is 0 Å². The van der Waals surface area contributed by atoms with Gasteiger partial charge in [-0.05, 0) is 59.2 Å². The normalized spacial score (nSPS) is 15.1. The molecule has 0 aromatic heterocycles. The summed E-state index contributed by atoms with van der Waals surface area (Å²) in [6.45, 7) is 12.3. The van der Waals surface area contributed by atoms with Crippen molar-refractivity contribution in [2.24, 2.45) is 0 Å². The van der Waals surface area contributed by atoms with E-state index in [1.807, 2.05) is 18.2 Å². The topological polar surface area (TPSA) is 24.9 Å². The first-order valence-corrected chi connectivity index (χ1v) is 13.3. The van der Waals surface area contributed by atoms with Gasteiger partial charge in [-0.3, -0.25) is 4.90 Å². The molecule has 192 valence electrons. The Hall–Kier alpha value is -2.82. The summed E-state index contributed by atoms with van der Waals surface area (Å²) in [4.78, 5) is 5.12. The van der Waals surface area contributed by atoms with E-state index in [1.165, 1.54) is 22.4 Å². The van der Waals surface area contributed by atoms with Gasteiger partial charge >= 0.3 is 0 Å². The Morgan fingerprint density at radius 2 is 1.50 bits per heavy atom. The maximum atomic E-state index is 6.00. The molecule has 3 aromatic carbocycles. The molecule has 1 saturated heterocycles. The molecule has 1 aliphatic heterocycles. The van der Waals surface area contributed by atoms with Crippen LogP contribution in [0.4, 0.5) is 5.69 Å². The third-order valence-corrected chi connectivity index (χ3v) is 7.18. The van der Waals surface area contributed by atoms with Crippen molar-refractivity contribution in [2.45, 2.75) is 58.2 Å². The van der Waals surface area contributed by atoms with Crippen molar-refractivity contribution >= 4 is 5.69 Å². The number of anilines is 1. The van der Waals surface area contributed by atoms with Crippen LogP contribution in [0.25, 0.3) is 0 Å². The SMILES string of the molecule is COCCN(c1ccc(OCc2ccccc2)cc1)C1CCN(Cc2ccc(C(C)(C)C)cc2)CC1. The summed E-state index contributed by atoms with van der Waals surface area (Å²) in [5.74, 6) is 0.904. The molecule has 4 nitrogen and oxygen atoms in total. The van der Waals surface area contributed by atoms with Crippen molar-refractivity contribution in [3.05, 3.63) is 95.6 Å². The van der Waals surface area contributed by atoms with E-state index >= 15 is 0 Å². The summed E-state index contributed by atoms with van der Waals surface area (Å²) in [7, 11) is 1.78. The van der Waals surface area contributed by atoms with Crippen LogP contribution < -0.4 is 9.64 Å². The number of hydrogen-bond donors (Lipinski definition) is 0. The summed E-state index contributed by atoms with van der Waals surface area (Å²) in [6.07, 6.45) is 2.33. The van der Waals surface area contributed by atoms with Crippen molar-refractivity contribution in [1.29, 1.82) is 0 Å². The Kier molecular flexibility index (Phi) is 9.06. The van der Waals surface area contributed by atoms with Crippen LogP contribution in [0.2, 0.25) is 0 Å². The molecule has 1 aliphatic rings. The zero-order valence-electron chi connectivity index (χ0n) is 22.5. The molecule has 0 N–H and O–H groups in total. The van der Waals surface area contributed by atoms with Gasteiger partial charge in [0.1, 0.15) is 12.4 Å². The largest absolute Gasteiger partial charge is 0.489 e. The molecule has 0 saturated carbocycles. The number of methoxy groups -OCH3 is 1. The van der Waals surface area contributed by atoms with Crippen LogP contribution in [0.5, 0.6) is 5.75 Å². The van der Waals surface area contributed by atoms with Gasteiger partial charge in [-0.15, -0.1) is 0 Å². The number of nitrogens with zero attached hydrogens (tertiary/aromatic N) is 2. The van der Waals surface area contributed by atoms with Crippen molar-refractivity contribution in [1.82, 2.24) is 4.90 Å². The molecule has 0 bridgehead atoms. The highest BCUT2D eigenvalue weighted by Crippen LogP contribution is 2.27. The minimum absolute atomic E-state index is 0.203. The maximum absolute atomic E-state index is 6.00. The molecule has 0 spiro atoms.